The quantitative estimate of drug-likeness (QED) is 0.890. The van der Waals surface area contributed by atoms with Gasteiger partial charge in [0, 0.05) is 18.7 Å². The van der Waals surface area contributed by atoms with Crippen LogP contribution in [0.2, 0.25) is 0 Å². The second kappa shape index (κ2) is 5.44. The summed E-state index contributed by atoms with van der Waals surface area (Å²) in [5.41, 5.74) is 1.11. The molecule has 2 aromatic heterocycles. The molecule has 0 aliphatic rings. The number of hydrogen-bond acceptors (Lipinski definition) is 4. The fraction of sp³-hybridized carbons (Fsp3) is 0.308. The third-order valence-electron chi connectivity index (χ3n) is 2.48. The average molecular weight is 245 g/mol. The van der Waals surface area contributed by atoms with Crippen LogP contribution in [0.15, 0.2) is 35.2 Å². The molecule has 0 spiro atoms. The summed E-state index contributed by atoms with van der Waals surface area (Å²) in [7, 11) is 0. The molecule has 0 aliphatic heterocycles. The van der Waals surface area contributed by atoms with Crippen LogP contribution in [0.4, 0.5) is 0 Å². The Morgan fingerprint density at radius 2 is 2.28 bits per heavy atom. The van der Waals surface area contributed by atoms with Gasteiger partial charge in [-0.25, -0.2) is 4.98 Å². The molecule has 2 heterocycles. The van der Waals surface area contributed by atoms with Crippen molar-refractivity contribution in [1.29, 1.82) is 0 Å². The van der Waals surface area contributed by atoms with Crippen LogP contribution < -0.4 is 5.32 Å². The fourth-order valence-electron chi connectivity index (χ4n) is 1.59. The fourth-order valence-corrected chi connectivity index (χ4v) is 1.59. The molecule has 18 heavy (non-hydrogen) atoms. The van der Waals surface area contributed by atoms with Gasteiger partial charge in [-0.05, 0) is 26.0 Å². The van der Waals surface area contributed by atoms with Crippen LogP contribution in [0.1, 0.15) is 28.9 Å². The third kappa shape index (κ3) is 3.16. The number of carbonyl (C=O) groups excluding carboxylic acids is 1. The maximum absolute atomic E-state index is 11.9. The predicted molar refractivity (Wildman–Crippen MR) is 66.1 cm³/mol. The van der Waals surface area contributed by atoms with E-state index >= 15 is 0 Å². The predicted octanol–water partition coefficient (Wildman–Crippen LogP) is 1.74. The normalized spacial score (nSPS) is 12.1. The zero-order valence-corrected chi connectivity index (χ0v) is 10.4. The lowest BCUT2D eigenvalue weighted by molar-refractivity contribution is 0.0934. The standard InChI is InChI=1S/C13H15N3O2/c1-9(6-11-4-3-5-18-11)16-13(17)12-8-14-10(2)7-15-12/h3-5,7-9H,6H2,1-2H3,(H,16,17). The van der Waals surface area contributed by atoms with Gasteiger partial charge >= 0.3 is 0 Å². The van der Waals surface area contributed by atoms with Crippen molar-refractivity contribution >= 4 is 5.91 Å². The van der Waals surface area contributed by atoms with Crippen LogP contribution in [0, 0.1) is 6.92 Å². The summed E-state index contributed by atoms with van der Waals surface area (Å²) < 4.78 is 5.23. The lowest BCUT2D eigenvalue weighted by Gasteiger charge is -2.11. The minimum Gasteiger partial charge on any atom is -0.469 e. The van der Waals surface area contributed by atoms with Gasteiger partial charge in [0.15, 0.2) is 0 Å². The molecule has 5 heteroatoms. The van der Waals surface area contributed by atoms with Gasteiger partial charge in [-0.2, -0.15) is 0 Å². The summed E-state index contributed by atoms with van der Waals surface area (Å²) in [6.45, 7) is 3.75. The van der Waals surface area contributed by atoms with Crippen molar-refractivity contribution < 1.29 is 9.21 Å². The zero-order valence-electron chi connectivity index (χ0n) is 10.4. The number of nitrogens with one attached hydrogen (secondary N) is 1. The van der Waals surface area contributed by atoms with E-state index in [2.05, 4.69) is 15.3 Å². The molecule has 1 atom stereocenters. The van der Waals surface area contributed by atoms with E-state index in [1.165, 1.54) is 6.20 Å². The first kappa shape index (κ1) is 12.3. The van der Waals surface area contributed by atoms with E-state index in [-0.39, 0.29) is 11.9 Å². The third-order valence-corrected chi connectivity index (χ3v) is 2.48. The Hall–Kier alpha value is -2.17. The average Bonchev–Trinajstić information content (AvgIpc) is 2.82. The van der Waals surface area contributed by atoms with Crippen LogP contribution in [-0.4, -0.2) is 21.9 Å². The Bertz CT molecular complexity index is 506. The van der Waals surface area contributed by atoms with Crippen LogP contribution >= 0.6 is 0 Å². The molecular formula is C13H15N3O2. The van der Waals surface area contributed by atoms with Crippen molar-refractivity contribution in [2.45, 2.75) is 26.3 Å². The summed E-state index contributed by atoms with van der Waals surface area (Å²) in [4.78, 5) is 19.9. The van der Waals surface area contributed by atoms with Gasteiger partial charge in [0.2, 0.25) is 0 Å². The number of rotatable bonds is 4. The molecule has 5 nitrogen and oxygen atoms in total. The number of aryl methyl sites for hydroxylation is 1. The molecular weight excluding hydrogens is 230 g/mol. The van der Waals surface area contributed by atoms with E-state index in [1.54, 1.807) is 12.5 Å². The molecule has 0 bridgehead atoms. The summed E-state index contributed by atoms with van der Waals surface area (Å²) >= 11 is 0. The minimum atomic E-state index is -0.221. The summed E-state index contributed by atoms with van der Waals surface area (Å²) in [5.74, 6) is 0.624. The topological polar surface area (TPSA) is 68.0 Å². The van der Waals surface area contributed by atoms with Crippen LogP contribution in [0.25, 0.3) is 0 Å². The van der Waals surface area contributed by atoms with Gasteiger partial charge in [-0.15, -0.1) is 0 Å². The lowest BCUT2D eigenvalue weighted by atomic mass is 10.2. The second-order valence-corrected chi connectivity index (χ2v) is 4.20. The van der Waals surface area contributed by atoms with E-state index in [1.807, 2.05) is 26.0 Å². The first-order chi connectivity index (χ1) is 8.65. The molecule has 2 aromatic rings. The Morgan fingerprint density at radius 3 is 2.89 bits per heavy atom. The summed E-state index contributed by atoms with van der Waals surface area (Å²) in [6.07, 6.45) is 5.32. The van der Waals surface area contributed by atoms with Crippen LogP contribution in [0.3, 0.4) is 0 Å². The van der Waals surface area contributed by atoms with Gasteiger partial charge in [0.05, 0.1) is 18.2 Å². The molecule has 1 N–H and O–H groups in total. The largest absolute Gasteiger partial charge is 0.469 e. The van der Waals surface area contributed by atoms with Crippen molar-refractivity contribution in [1.82, 2.24) is 15.3 Å². The molecule has 2 rings (SSSR count). The molecule has 1 unspecified atom stereocenters. The number of amides is 1. The Morgan fingerprint density at radius 1 is 1.44 bits per heavy atom. The van der Waals surface area contributed by atoms with Gasteiger partial charge in [-0.3, -0.25) is 9.78 Å². The van der Waals surface area contributed by atoms with Gasteiger partial charge < -0.3 is 9.73 Å². The molecule has 0 radical (unpaired) electrons. The van der Waals surface area contributed by atoms with Gasteiger partial charge in [-0.1, -0.05) is 0 Å². The monoisotopic (exact) mass is 245 g/mol. The number of aromatic nitrogens is 2. The number of carbonyl (C=O) groups is 1. The van der Waals surface area contributed by atoms with E-state index in [9.17, 15) is 4.79 Å². The van der Waals surface area contributed by atoms with Crippen LogP contribution in [-0.2, 0) is 6.42 Å². The SMILES string of the molecule is Cc1cnc(C(=O)NC(C)Cc2ccco2)cn1. The summed E-state index contributed by atoms with van der Waals surface area (Å²) in [5, 5.41) is 2.85. The van der Waals surface area contributed by atoms with Crippen molar-refractivity contribution in [2.75, 3.05) is 0 Å². The molecule has 94 valence electrons. The Labute approximate surface area is 105 Å². The van der Waals surface area contributed by atoms with Crippen molar-refractivity contribution in [3.05, 3.63) is 47.9 Å². The lowest BCUT2D eigenvalue weighted by Crippen LogP contribution is -2.34. The van der Waals surface area contributed by atoms with E-state index < -0.39 is 0 Å². The Balaban J connectivity index is 1.92. The van der Waals surface area contributed by atoms with Gasteiger partial charge in [0.25, 0.3) is 5.91 Å². The number of hydrogen-bond donors (Lipinski definition) is 1. The molecule has 0 aliphatic carbocycles. The molecule has 0 fully saturated rings. The minimum absolute atomic E-state index is 0.0215. The van der Waals surface area contributed by atoms with E-state index in [0.717, 1.165) is 11.5 Å². The molecule has 0 aromatic carbocycles. The summed E-state index contributed by atoms with van der Waals surface area (Å²) in [6, 6.07) is 3.69. The highest BCUT2D eigenvalue weighted by Gasteiger charge is 2.12. The van der Waals surface area contributed by atoms with Crippen molar-refractivity contribution in [3.8, 4) is 0 Å². The van der Waals surface area contributed by atoms with Crippen molar-refractivity contribution in [2.24, 2.45) is 0 Å². The maximum Gasteiger partial charge on any atom is 0.271 e. The highest BCUT2D eigenvalue weighted by molar-refractivity contribution is 5.92. The highest BCUT2D eigenvalue weighted by Crippen LogP contribution is 2.04. The van der Waals surface area contributed by atoms with Crippen LogP contribution in [0.5, 0.6) is 0 Å². The van der Waals surface area contributed by atoms with Crippen molar-refractivity contribution in [3.63, 3.8) is 0 Å². The number of nitrogens with zero attached hydrogens (tertiary/aromatic N) is 2. The second-order valence-electron chi connectivity index (χ2n) is 4.20. The molecule has 0 saturated heterocycles. The smallest absolute Gasteiger partial charge is 0.271 e. The van der Waals surface area contributed by atoms with E-state index in [0.29, 0.717) is 12.1 Å². The maximum atomic E-state index is 11.9. The molecule has 0 saturated carbocycles. The first-order valence-electron chi connectivity index (χ1n) is 5.77. The molecule has 1 amide bonds. The highest BCUT2D eigenvalue weighted by atomic mass is 16.3. The van der Waals surface area contributed by atoms with Gasteiger partial charge in [0.1, 0.15) is 11.5 Å². The zero-order chi connectivity index (χ0) is 13.0. The first-order valence-corrected chi connectivity index (χ1v) is 5.77. The number of furan rings is 1. The Kier molecular flexibility index (Phi) is 3.72. The van der Waals surface area contributed by atoms with E-state index in [4.69, 9.17) is 4.42 Å².